The number of hydrazone groups is 1. The number of nitrogens with zero attached hydrogens (tertiary/aromatic N) is 1. The third-order valence-corrected chi connectivity index (χ3v) is 3.05. The van der Waals surface area contributed by atoms with E-state index in [1.54, 1.807) is 0 Å². The Morgan fingerprint density at radius 3 is 2.04 bits per heavy atom. The second-order valence-electron chi connectivity index (χ2n) is 4.90. The van der Waals surface area contributed by atoms with Crippen LogP contribution in [0.4, 0.5) is 26.3 Å². The summed E-state index contributed by atoms with van der Waals surface area (Å²) >= 11 is 0. The van der Waals surface area contributed by atoms with Crippen molar-refractivity contribution >= 4 is 12.1 Å². The van der Waals surface area contributed by atoms with Gasteiger partial charge in [-0.3, -0.25) is 4.79 Å². The molecule has 1 N–H and O–H groups in total. The largest absolute Gasteiger partial charge is 0.416 e. The van der Waals surface area contributed by atoms with E-state index in [0.29, 0.717) is 6.07 Å². The second-order valence-corrected chi connectivity index (χ2v) is 4.90. The first-order chi connectivity index (χ1) is 11.6. The Bertz CT molecular complexity index is 796. The van der Waals surface area contributed by atoms with Crippen LogP contribution in [0.3, 0.4) is 0 Å². The summed E-state index contributed by atoms with van der Waals surface area (Å²) in [4.78, 5) is 11.8. The fourth-order valence-electron chi connectivity index (χ4n) is 1.86. The van der Waals surface area contributed by atoms with Crippen LogP contribution >= 0.6 is 0 Å². The van der Waals surface area contributed by atoms with Crippen molar-refractivity contribution in [3.63, 3.8) is 0 Å². The van der Waals surface area contributed by atoms with Gasteiger partial charge in [-0.05, 0) is 35.9 Å². The Morgan fingerprint density at radius 1 is 0.880 bits per heavy atom. The first-order valence-corrected chi connectivity index (χ1v) is 6.75. The number of benzene rings is 2. The van der Waals surface area contributed by atoms with E-state index in [-0.39, 0.29) is 11.1 Å². The molecule has 25 heavy (non-hydrogen) atoms. The lowest BCUT2D eigenvalue weighted by Gasteiger charge is -2.08. The molecule has 0 spiro atoms. The molecule has 2 rings (SSSR count). The zero-order valence-corrected chi connectivity index (χ0v) is 12.3. The number of alkyl halides is 6. The molecule has 0 heterocycles. The van der Waals surface area contributed by atoms with Gasteiger partial charge in [-0.15, -0.1) is 0 Å². The van der Waals surface area contributed by atoms with Crippen molar-refractivity contribution in [3.8, 4) is 0 Å². The summed E-state index contributed by atoms with van der Waals surface area (Å²) in [5.41, 5.74) is -0.133. The molecule has 0 saturated carbocycles. The van der Waals surface area contributed by atoms with Gasteiger partial charge in [0.25, 0.3) is 5.91 Å². The van der Waals surface area contributed by atoms with Crippen molar-refractivity contribution in [1.82, 2.24) is 5.43 Å². The molecule has 9 heteroatoms. The molecule has 0 atom stereocenters. The third-order valence-electron chi connectivity index (χ3n) is 3.05. The standard InChI is InChI=1S/C16H10F6N2O/c17-15(18,19)12-5-1-3-10(7-12)9-23-24-14(25)11-4-2-6-13(8-11)16(20,21)22/h1-9H,(H,24,25)/b23-9-. The summed E-state index contributed by atoms with van der Waals surface area (Å²) in [7, 11) is 0. The maximum Gasteiger partial charge on any atom is 0.416 e. The van der Waals surface area contributed by atoms with Crippen LogP contribution in [-0.2, 0) is 12.4 Å². The SMILES string of the molecule is O=C(N/N=C\c1cccc(C(F)(F)F)c1)c1cccc(C(F)(F)F)c1. The van der Waals surface area contributed by atoms with E-state index in [1.807, 2.05) is 5.43 Å². The first-order valence-electron chi connectivity index (χ1n) is 6.75. The topological polar surface area (TPSA) is 41.5 Å². The average Bonchev–Trinajstić information content (AvgIpc) is 2.53. The molecule has 0 aliphatic carbocycles. The second kappa shape index (κ2) is 6.96. The molecule has 0 saturated heterocycles. The predicted octanol–water partition coefficient (Wildman–Crippen LogP) is 4.49. The number of hydrogen-bond acceptors (Lipinski definition) is 2. The van der Waals surface area contributed by atoms with Crippen molar-refractivity contribution in [1.29, 1.82) is 0 Å². The Hall–Kier alpha value is -2.84. The maximum atomic E-state index is 12.6. The monoisotopic (exact) mass is 360 g/mol. The Labute approximate surface area is 138 Å². The minimum absolute atomic E-state index is 0.0687. The number of rotatable bonds is 3. The molecule has 132 valence electrons. The quantitative estimate of drug-likeness (QED) is 0.489. The van der Waals surface area contributed by atoms with Gasteiger partial charge in [0, 0.05) is 5.56 Å². The van der Waals surface area contributed by atoms with E-state index < -0.39 is 29.4 Å². The lowest BCUT2D eigenvalue weighted by Crippen LogP contribution is -2.18. The smallest absolute Gasteiger partial charge is 0.267 e. The highest BCUT2D eigenvalue weighted by atomic mass is 19.4. The molecule has 0 aliphatic heterocycles. The highest BCUT2D eigenvalue weighted by Crippen LogP contribution is 2.30. The average molecular weight is 360 g/mol. The lowest BCUT2D eigenvalue weighted by molar-refractivity contribution is -0.138. The zero-order chi connectivity index (χ0) is 18.7. The highest BCUT2D eigenvalue weighted by molar-refractivity contribution is 5.95. The van der Waals surface area contributed by atoms with Crippen molar-refractivity contribution in [2.75, 3.05) is 0 Å². The van der Waals surface area contributed by atoms with Crippen LogP contribution < -0.4 is 5.43 Å². The Balaban J connectivity index is 2.09. The van der Waals surface area contributed by atoms with Gasteiger partial charge in [0.1, 0.15) is 0 Å². The summed E-state index contributed by atoms with van der Waals surface area (Å²) in [6, 6.07) is 7.86. The van der Waals surface area contributed by atoms with Crippen LogP contribution in [0.2, 0.25) is 0 Å². The van der Waals surface area contributed by atoms with Gasteiger partial charge in [-0.1, -0.05) is 18.2 Å². The van der Waals surface area contributed by atoms with Gasteiger partial charge in [0.2, 0.25) is 0 Å². The molecule has 0 radical (unpaired) electrons. The molecular formula is C16H10F6N2O. The molecular weight excluding hydrogens is 350 g/mol. The van der Waals surface area contributed by atoms with Crippen LogP contribution in [-0.4, -0.2) is 12.1 Å². The van der Waals surface area contributed by atoms with Gasteiger partial charge in [-0.2, -0.15) is 31.4 Å². The van der Waals surface area contributed by atoms with E-state index in [9.17, 15) is 31.1 Å². The van der Waals surface area contributed by atoms with E-state index in [0.717, 1.165) is 36.5 Å². The maximum absolute atomic E-state index is 12.6. The van der Waals surface area contributed by atoms with Crippen molar-refractivity contribution in [3.05, 3.63) is 70.8 Å². The van der Waals surface area contributed by atoms with E-state index >= 15 is 0 Å². The van der Waals surface area contributed by atoms with Crippen LogP contribution in [0.1, 0.15) is 27.0 Å². The van der Waals surface area contributed by atoms with Crippen molar-refractivity contribution in [2.24, 2.45) is 5.10 Å². The third kappa shape index (κ3) is 5.07. The van der Waals surface area contributed by atoms with E-state index in [4.69, 9.17) is 0 Å². The molecule has 1 amide bonds. The number of nitrogens with one attached hydrogen (secondary N) is 1. The van der Waals surface area contributed by atoms with Crippen molar-refractivity contribution in [2.45, 2.75) is 12.4 Å². The van der Waals surface area contributed by atoms with E-state index in [1.165, 1.54) is 12.1 Å². The number of carbonyl (C=O) groups is 1. The Kier molecular flexibility index (Phi) is 5.15. The summed E-state index contributed by atoms with van der Waals surface area (Å²) in [6.07, 6.45) is -8.16. The van der Waals surface area contributed by atoms with Gasteiger partial charge >= 0.3 is 12.4 Å². The molecule has 0 bridgehead atoms. The lowest BCUT2D eigenvalue weighted by atomic mass is 10.1. The fourth-order valence-corrected chi connectivity index (χ4v) is 1.86. The zero-order valence-electron chi connectivity index (χ0n) is 12.3. The summed E-state index contributed by atoms with van der Waals surface area (Å²) in [5.74, 6) is -0.922. The number of hydrogen-bond donors (Lipinski definition) is 1. The number of carbonyl (C=O) groups excluding carboxylic acids is 1. The molecule has 3 nitrogen and oxygen atoms in total. The van der Waals surface area contributed by atoms with Crippen LogP contribution in [0.15, 0.2) is 53.6 Å². The summed E-state index contributed by atoms with van der Waals surface area (Å²) in [6.45, 7) is 0. The van der Waals surface area contributed by atoms with Gasteiger partial charge < -0.3 is 0 Å². The van der Waals surface area contributed by atoms with Gasteiger partial charge in [-0.25, -0.2) is 5.43 Å². The molecule has 2 aromatic carbocycles. The van der Waals surface area contributed by atoms with Crippen molar-refractivity contribution < 1.29 is 31.1 Å². The first kappa shape index (κ1) is 18.5. The number of halogens is 6. The van der Waals surface area contributed by atoms with Crippen LogP contribution in [0.5, 0.6) is 0 Å². The Morgan fingerprint density at radius 2 is 1.44 bits per heavy atom. The molecule has 0 aromatic heterocycles. The van der Waals surface area contributed by atoms with Gasteiger partial charge in [0.15, 0.2) is 0 Å². The number of amides is 1. The predicted molar refractivity (Wildman–Crippen MR) is 77.9 cm³/mol. The molecule has 0 unspecified atom stereocenters. The molecule has 2 aromatic rings. The van der Waals surface area contributed by atoms with Gasteiger partial charge in [0.05, 0.1) is 17.3 Å². The molecule has 0 fully saturated rings. The summed E-state index contributed by atoms with van der Waals surface area (Å²) in [5, 5.41) is 3.46. The fraction of sp³-hybridized carbons (Fsp3) is 0.125. The van der Waals surface area contributed by atoms with Crippen LogP contribution in [0, 0.1) is 0 Å². The minimum atomic E-state index is -4.60. The minimum Gasteiger partial charge on any atom is -0.267 e. The molecule has 0 aliphatic rings. The van der Waals surface area contributed by atoms with Crippen LogP contribution in [0.25, 0.3) is 0 Å². The summed E-state index contributed by atoms with van der Waals surface area (Å²) < 4.78 is 75.5. The normalized spacial score (nSPS) is 12.4. The highest BCUT2D eigenvalue weighted by Gasteiger charge is 2.31. The van der Waals surface area contributed by atoms with E-state index in [2.05, 4.69) is 5.10 Å².